The molecule has 0 saturated carbocycles. The fourth-order valence-electron chi connectivity index (χ4n) is 1.85. The number of rotatable bonds is 5. The molecule has 0 spiro atoms. The standard InChI is InChI=1S/C15H14ClNO4S/c1-21-15(18)12-7-8-13(16)14(9-12)17-22(19,20)10-11-5-3-2-4-6-11/h2-9,17H,10H2,1H3. The SMILES string of the molecule is COC(=O)c1ccc(Cl)c(NS(=O)(=O)Cc2ccccc2)c1. The molecule has 0 aromatic heterocycles. The number of anilines is 1. The number of sulfonamides is 1. The lowest BCUT2D eigenvalue weighted by molar-refractivity contribution is 0.0601. The van der Waals surface area contributed by atoms with Gasteiger partial charge in [0, 0.05) is 0 Å². The summed E-state index contributed by atoms with van der Waals surface area (Å²) in [5.41, 5.74) is 1.00. The number of carbonyl (C=O) groups excluding carboxylic acids is 1. The highest BCUT2D eigenvalue weighted by Gasteiger charge is 2.15. The Labute approximate surface area is 133 Å². The quantitative estimate of drug-likeness (QED) is 0.850. The summed E-state index contributed by atoms with van der Waals surface area (Å²) in [6.07, 6.45) is 0. The van der Waals surface area contributed by atoms with Crippen LogP contribution in [0.2, 0.25) is 5.02 Å². The van der Waals surface area contributed by atoms with Gasteiger partial charge < -0.3 is 4.74 Å². The maximum absolute atomic E-state index is 12.2. The molecule has 0 atom stereocenters. The van der Waals surface area contributed by atoms with Crippen LogP contribution in [0.25, 0.3) is 0 Å². The molecule has 1 N–H and O–H groups in total. The molecular formula is C15H14ClNO4S. The average Bonchev–Trinajstić information content (AvgIpc) is 2.49. The lowest BCUT2D eigenvalue weighted by atomic mass is 10.2. The average molecular weight is 340 g/mol. The van der Waals surface area contributed by atoms with Gasteiger partial charge in [-0.3, -0.25) is 4.72 Å². The molecule has 0 amide bonds. The summed E-state index contributed by atoms with van der Waals surface area (Å²) in [4.78, 5) is 11.5. The number of carbonyl (C=O) groups is 1. The molecule has 0 radical (unpaired) electrons. The molecule has 0 heterocycles. The van der Waals surface area contributed by atoms with Crippen LogP contribution in [0.15, 0.2) is 48.5 Å². The van der Waals surface area contributed by atoms with Crippen molar-refractivity contribution in [2.45, 2.75) is 5.75 Å². The van der Waals surface area contributed by atoms with E-state index in [0.29, 0.717) is 5.56 Å². The molecule has 7 heteroatoms. The first kappa shape index (κ1) is 16.3. The minimum absolute atomic E-state index is 0.139. The molecule has 0 aliphatic heterocycles. The molecule has 0 aliphatic rings. The Morgan fingerprint density at radius 3 is 2.50 bits per heavy atom. The third kappa shape index (κ3) is 4.22. The Hall–Kier alpha value is -2.05. The van der Waals surface area contributed by atoms with Crippen molar-refractivity contribution in [3.8, 4) is 0 Å². The zero-order chi connectivity index (χ0) is 16.2. The first-order valence-corrected chi connectivity index (χ1v) is 8.36. The van der Waals surface area contributed by atoms with Crippen LogP contribution >= 0.6 is 11.6 Å². The Morgan fingerprint density at radius 1 is 1.18 bits per heavy atom. The molecule has 2 aromatic rings. The topological polar surface area (TPSA) is 72.5 Å². The Kier molecular flexibility index (Phi) is 5.05. The maximum atomic E-state index is 12.2. The van der Waals surface area contributed by atoms with Gasteiger partial charge in [-0.05, 0) is 23.8 Å². The summed E-state index contributed by atoms with van der Waals surface area (Å²) in [7, 11) is -2.40. The zero-order valence-electron chi connectivity index (χ0n) is 11.7. The first-order valence-electron chi connectivity index (χ1n) is 6.33. The predicted octanol–water partition coefficient (Wildman–Crippen LogP) is 3.07. The summed E-state index contributed by atoms with van der Waals surface area (Å²) >= 11 is 5.97. The molecule has 0 aliphatic carbocycles. The van der Waals surface area contributed by atoms with Crippen LogP contribution in [0.3, 0.4) is 0 Å². The normalized spacial score (nSPS) is 11.0. The van der Waals surface area contributed by atoms with Crippen LogP contribution in [-0.4, -0.2) is 21.5 Å². The van der Waals surface area contributed by atoms with Crippen molar-refractivity contribution in [2.24, 2.45) is 0 Å². The number of methoxy groups -OCH3 is 1. The molecular weight excluding hydrogens is 326 g/mol. The molecule has 5 nitrogen and oxygen atoms in total. The van der Waals surface area contributed by atoms with Gasteiger partial charge in [-0.25, -0.2) is 13.2 Å². The number of nitrogens with one attached hydrogen (secondary N) is 1. The molecule has 22 heavy (non-hydrogen) atoms. The number of ether oxygens (including phenoxy) is 1. The summed E-state index contributed by atoms with van der Waals surface area (Å²) in [6.45, 7) is 0. The second kappa shape index (κ2) is 6.81. The van der Waals surface area contributed by atoms with Crippen LogP contribution in [0.1, 0.15) is 15.9 Å². The van der Waals surface area contributed by atoms with Crippen molar-refractivity contribution in [3.05, 3.63) is 64.7 Å². The van der Waals surface area contributed by atoms with E-state index >= 15 is 0 Å². The number of hydrogen-bond donors (Lipinski definition) is 1. The highest BCUT2D eigenvalue weighted by Crippen LogP contribution is 2.25. The van der Waals surface area contributed by atoms with Gasteiger partial charge in [-0.1, -0.05) is 41.9 Å². The minimum Gasteiger partial charge on any atom is -0.465 e. The molecule has 116 valence electrons. The van der Waals surface area contributed by atoms with E-state index in [0.717, 1.165) is 0 Å². The number of esters is 1. The lowest BCUT2D eigenvalue weighted by Gasteiger charge is -2.11. The van der Waals surface area contributed by atoms with E-state index in [4.69, 9.17) is 11.6 Å². The van der Waals surface area contributed by atoms with Crippen LogP contribution in [0, 0.1) is 0 Å². The predicted molar refractivity (Wildman–Crippen MR) is 85.5 cm³/mol. The third-order valence-electron chi connectivity index (χ3n) is 2.85. The molecule has 0 fully saturated rings. The van der Waals surface area contributed by atoms with Gasteiger partial charge in [0.05, 0.1) is 29.1 Å². The number of halogens is 1. The van der Waals surface area contributed by atoms with Gasteiger partial charge in [-0.2, -0.15) is 0 Å². The Morgan fingerprint density at radius 2 is 1.86 bits per heavy atom. The van der Waals surface area contributed by atoms with E-state index in [1.807, 2.05) is 0 Å². The van der Waals surface area contributed by atoms with Gasteiger partial charge in [0.2, 0.25) is 10.0 Å². The highest BCUT2D eigenvalue weighted by atomic mass is 35.5. The van der Waals surface area contributed by atoms with Gasteiger partial charge >= 0.3 is 5.97 Å². The Bertz CT molecular complexity index is 775. The molecule has 0 saturated heterocycles. The van der Waals surface area contributed by atoms with Crippen LogP contribution in [-0.2, 0) is 20.5 Å². The van der Waals surface area contributed by atoms with Crippen molar-refractivity contribution in [1.82, 2.24) is 0 Å². The van der Waals surface area contributed by atoms with Gasteiger partial charge in [0.25, 0.3) is 0 Å². The summed E-state index contributed by atoms with van der Waals surface area (Å²) in [6, 6.07) is 13.0. The Balaban J connectivity index is 2.24. The van der Waals surface area contributed by atoms with Crippen LogP contribution < -0.4 is 4.72 Å². The van der Waals surface area contributed by atoms with Crippen molar-refractivity contribution >= 4 is 33.3 Å². The first-order chi connectivity index (χ1) is 10.4. The number of hydrogen-bond acceptors (Lipinski definition) is 4. The maximum Gasteiger partial charge on any atom is 0.337 e. The fraction of sp³-hybridized carbons (Fsp3) is 0.133. The lowest BCUT2D eigenvalue weighted by Crippen LogP contribution is -2.16. The smallest absolute Gasteiger partial charge is 0.337 e. The monoisotopic (exact) mass is 339 g/mol. The molecule has 0 bridgehead atoms. The third-order valence-corrected chi connectivity index (χ3v) is 4.43. The summed E-state index contributed by atoms with van der Waals surface area (Å²) in [5.74, 6) is -0.757. The van der Waals surface area contributed by atoms with Crippen molar-refractivity contribution < 1.29 is 17.9 Å². The van der Waals surface area contributed by atoms with Crippen molar-refractivity contribution in [1.29, 1.82) is 0 Å². The van der Waals surface area contributed by atoms with E-state index in [1.54, 1.807) is 30.3 Å². The minimum atomic E-state index is -3.65. The summed E-state index contributed by atoms with van der Waals surface area (Å²) in [5, 5.41) is 0.198. The van der Waals surface area contributed by atoms with E-state index in [1.165, 1.54) is 25.3 Å². The summed E-state index contributed by atoms with van der Waals surface area (Å²) < 4.78 is 31.4. The van der Waals surface area contributed by atoms with Crippen LogP contribution in [0.4, 0.5) is 5.69 Å². The van der Waals surface area contributed by atoms with Crippen molar-refractivity contribution in [2.75, 3.05) is 11.8 Å². The zero-order valence-corrected chi connectivity index (χ0v) is 13.3. The van der Waals surface area contributed by atoms with E-state index in [-0.39, 0.29) is 22.0 Å². The molecule has 2 aromatic carbocycles. The van der Waals surface area contributed by atoms with E-state index in [2.05, 4.69) is 9.46 Å². The second-order valence-electron chi connectivity index (χ2n) is 4.53. The molecule has 2 rings (SSSR count). The van der Waals surface area contributed by atoms with Crippen LogP contribution in [0.5, 0.6) is 0 Å². The van der Waals surface area contributed by atoms with E-state index < -0.39 is 16.0 Å². The van der Waals surface area contributed by atoms with Crippen molar-refractivity contribution in [3.63, 3.8) is 0 Å². The van der Waals surface area contributed by atoms with E-state index in [9.17, 15) is 13.2 Å². The van der Waals surface area contributed by atoms with Gasteiger partial charge in [0.1, 0.15) is 0 Å². The largest absolute Gasteiger partial charge is 0.465 e. The fourth-order valence-corrected chi connectivity index (χ4v) is 3.27. The van der Waals surface area contributed by atoms with Gasteiger partial charge in [-0.15, -0.1) is 0 Å². The molecule has 0 unspecified atom stereocenters. The second-order valence-corrected chi connectivity index (χ2v) is 6.66. The van der Waals surface area contributed by atoms with Gasteiger partial charge in [0.15, 0.2) is 0 Å². The highest BCUT2D eigenvalue weighted by molar-refractivity contribution is 7.91. The number of benzene rings is 2.